The Kier molecular flexibility index (Phi) is 3.64. The van der Waals surface area contributed by atoms with E-state index >= 15 is 0 Å². The van der Waals surface area contributed by atoms with E-state index < -0.39 is 6.67 Å². The summed E-state index contributed by atoms with van der Waals surface area (Å²) >= 11 is 0. The number of alkyl halides is 1. The van der Waals surface area contributed by atoms with Crippen molar-refractivity contribution < 1.29 is 4.39 Å². The van der Waals surface area contributed by atoms with Gasteiger partial charge in [0.05, 0.1) is 18.3 Å². The first kappa shape index (κ1) is 10.7. The Balaban J connectivity index is 3.23. The van der Waals surface area contributed by atoms with Gasteiger partial charge in [-0.1, -0.05) is 19.1 Å². The summed E-state index contributed by atoms with van der Waals surface area (Å²) in [5.74, 6) is -0.363. The minimum atomic E-state index is -0.484. The van der Waals surface area contributed by atoms with Gasteiger partial charge in [-0.15, -0.1) is 0 Å². The van der Waals surface area contributed by atoms with Crippen LogP contribution in [0.4, 0.5) is 4.39 Å². The molecular weight excluding hydrogens is 177 g/mol. The number of hydrogen-bond acceptors (Lipinski definition) is 1. The van der Waals surface area contributed by atoms with Crippen LogP contribution in [-0.2, 0) is 6.42 Å². The summed E-state index contributed by atoms with van der Waals surface area (Å²) in [6, 6.07) is 7.50. The van der Waals surface area contributed by atoms with E-state index in [9.17, 15) is 4.39 Å². The molecule has 1 aromatic rings. The van der Waals surface area contributed by atoms with Crippen LogP contribution < -0.4 is 0 Å². The van der Waals surface area contributed by atoms with Crippen LogP contribution in [0.25, 0.3) is 0 Å². The molecule has 0 bridgehead atoms. The lowest BCUT2D eigenvalue weighted by Crippen LogP contribution is -2.02. The minimum Gasteiger partial charge on any atom is -0.250 e. The first-order valence-corrected chi connectivity index (χ1v) is 4.65. The van der Waals surface area contributed by atoms with E-state index in [0.717, 1.165) is 17.5 Å². The van der Waals surface area contributed by atoms with Crippen LogP contribution in [-0.4, -0.2) is 6.67 Å². The van der Waals surface area contributed by atoms with Crippen molar-refractivity contribution in [2.24, 2.45) is 0 Å². The van der Waals surface area contributed by atoms with Crippen LogP contribution >= 0.6 is 0 Å². The normalized spacial score (nSPS) is 12.1. The van der Waals surface area contributed by atoms with Gasteiger partial charge in [0.1, 0.15) is 0 Å². The first-order valence-electron chi connectivity index (χ1n) is 4.65. The Bertz CT molecular complexity index is 352. The van der Waals surface area contributed by atoms with Gasteiger partial charge in [0.2, 0.25) is 0 Å². The van der Waals surface area contributed by atoms with E-state index in [1.807, 2.05) is 13.0 Å². The number of rotatable bonds is 3. The monoisotopic (exact) mass is 190 g/mol. The van der Waals surface area contributed by atoms with Gasteiger partial charge in [-0.2, -0.15) is 5.26 Å². The molecule has 1 nitrogen and oxygen atoms in total. The predicted octanol–water partition coefficient (Wildman–Crippen LogP) is 3.01. The van der Waals surface area contributed by atoms with E-state index in [-0.39, 0.29) is 5.92 Å². The third-order valence-corrected chi connectivity index (χ3v) is 2.31. The van der Waals surface area contributed by atoms with Gasteiger partial charge in [0.15, 0.2) is 0 Å². The molecule has 0 spiro atoms. The van der Waals surface area contributed by atoms with E-state index in [4.69, 9.17) is 5.26 Å². The Morgan fingerprint density at radius 1 is 1.57 bits per heavy atom. The SMILES string of the molecule is [CH2]C(CF)c1cccc(C#N)c1CC. The first-order chi connectivity index (χ1) is 6.74. The largest absolute Gasteiger partial charge is 0.250 e. The zero-order chi connectivity index (χ0) is 10.6. The summed E-state index contributed by atoms with van der Waals surface area (Å²) in [5, 5.41) is 8.86. The quantitative estimate of drug-likeness (QED) is 0.718. The average molecular weight is 190 g/mol. The highest BCUT2D eigenvalue weighted by molar-refractivity contribution is 5.44. The fourth-order valence-electron chi connectivity index (χ4n) is 1.57. The van der Waals surface area contributed by atoms with Crippen molar-refractivity contribution in [2.75, 3.05) is 6.67 Å². The second-order valence-corrected chi connectivity index (χ2v) is 3.19. The predicted molar refractivity (Wildman–Crippen MR) is 54.6 cm³/mol. The fourth-order valence-corrected chi connectivity index (χ4v) is 1.57. The van der Waals surface area contributed by atoms with Crippen LogP contribution in [0.15, 0.2) is 18.2 Å². The molecule has 0 saturated heterocycles. The zero-order valence-corrected chi connectivity index (χ0v) is 8.26. The van der Waals surface area contributed by atoms with Crippen molar-refractivity contribution in [1.29, 1.82) is 5.26 Å². The molecule has 1 unspecified atom stereocenters. The minimum absolute atomic E-state index is 0.363. The van der Waals surface area contributed by atoms with Crippen molar-refractivity contribution in [2.45, 2.75) is 19.3 Å². The maximum absolute atomic E-state index is 12.5. The lowest BCUT2D eigenvalue weighted by molar-refractivity contribution is 0.464. The van der Waals surface area contributed by atoms with Crippen molar-refractivity contribution in [3.05, 3.63) is 41.8 Å². The number of halogens is 1. The number of nitrogens with zero attached hydrogens (tertiary/aromatic N) is 1. The molecule has 0 aromatic heterocycles. The second-order valence-electron chi connectivity index (χ2n) is 3.19. The van der Waals surface area contributed by atoms with Crippen LogP contribution in [0, 0.1) is 18.3 Å². The lowest BCUT2D eigenvalue weighted by atomic mass is 9.92. The summed E-state index contributed by atoms with van der Waals surface area (Å²) in [5.41, 5.74) is 2.41. The molecule has 1 aromatic carbocycles. The molecule has 14 heavy (non-hydrogen) atoms. The molecule has 0 N–H and O–H groups in total. The van der Waals surface area contributed by atoms with Gasteiger partial charge in [0, 0.05) is 5.92 Å². The molecule has 1 rings (SSSR count). The Hall–Kier alpha value is -1.36. The van der Waals surface area contributed by atoms with Crippen LogP contribution in [0.3, 0.4) is 0 Å². The van der Waals surface area contributed by atoms with Crippen molar-refractivity contribution in [1.82, 2.24) is 0 Å². The zero-order valence-electron chi connectivity index (χ0n) is 8.26. The van der Waals surface area contributed by atoms with Gasteiger partial charge in [-0.3, -0.25) is 4.39 Å². The van der Waals surface area contributed by atoms with E-state index in [1.54, 1.807) is 12.1 Å². The van der Waals surface area contributed by atoms with Gasteiger partial charge < -0.3 is 0 Å². The highest BCUT2D eigenvalue weighted by atomic mass is 19.1. The Labute approximate surface area is 84.2 Å². The van der Waals surface area contributed by atoms with Gasteiger partial charge in [-0.05, 0) is 30.5 Å². The second kappa shape index (κ2) is 4.76. The topological polar surface area (TPSA) is 23.8 Å². The highest BCUT2D eigenvalue weighted by Crippen LogP contribution is 2.23. The maximum Gasteiger partial charge on any atom is 0.0994 e. The smallest absolute Gasteiger partial charge is 0.0994 e. The summed E-state index contributed by atoms with van der Waals surface area (Å²) in [7, 11) is 0. The van der Waals surface area contributed by atoms with Crippen molar-refractivity contribution in [3.8, 4) is 6.07 Å². The van der Waals surface area contributed by atoms with Gasteiger partial charge >= 0.3 is 0 Å². The van der Waals surface area contributed by atoms with Gasteiger partial charge in [-0.25, -0.2) is 0 Å². The molecule has 0 saturated carbocycles. The van der Waals surface area contributed by atoms with Crippen LogP contribution in [0.2, 0.25) is 0 Å². The maximum atomic E-state index is 12.5. The van der Waals surface area contributed by atoms with Crippen molar-refractivity contribution >= 4 is 0 Å². The van der Waals surface area contributed by atoms with Gasteiger partial charge in [0.25, 0.3) is 0 Å². The Morgan fingerprint density at radius 3 is 2.79 bits per heavy atom. The highest BCUT2D eigenvalue weighted by Gasteiger charge is 2.12. The molecule has 1 atom stereocenters. The molecule has 0 fully saturated rings. The van der Waals surface area contributed by atoms with Crippen molar-refractivity contribution in [3.63, 3.8) is 0 Å². The molecule has 73 valence electrons. The number of hydrogen-bond donors (Lipinski definition) is 0. The fraction of sp³-hybridized carbons (Fsp3) is 0.333. The molecule has 2 heteroatoms. The number of benzene rings is 1. The third kappa shape index (κ3) is 1.93. The molecule has 1 radical (unpaired) electrons. The van der Waals surface area contributed by atoms with E-state index in [1.165, 1.54) is 0 Å². The molecule has 0 amide bonds. The molecule has 0 aliphatic rings. The summed E-state index contributed by atoms with van der Waals surface area (Å²) in [6.07, 6.45) is 0.741. The summed E-state index contributed by atoms with van der Waals surface area (Å²) < 4.78 is 12.5. The molecule has 0 aliphatic carbocycles. The van der Waals surface area contributed by atoms with Crippen LogP contribution in [0.5, 0.6) is 0 Å². The van der Waals surface area contributed by atoms with E-state index in [0.29, 0.717) is 5.56 Å². The third-order valence-electron chi connectivity index (χ3n) is 2.31. The molecule has 0 heterocycles. The average Bonchev–Trinajstić information content (AvgIpc) is 2.26. The Morgan fingerprint density at radius 2 is 2.29 bits per heavy atom. The standard InChI is InChI=1S/C12H13FN/c1-3-11-10(8-14)5-4-6-12(11)9(2)7-13/h4-6,9H,2-3,7H2,1H3. The molecule has 0 aliphatic heterocycles. The van der Waals surface area contributed by atoms with Crippen LogP contribution in [0.1, 0.15) is 29.5 Å². The van der Waals surface area contributed by atoms with E-state index in [2.05, 4.69) is 13.0 Å². The molecular formula is C12H13FN. The summed E-state index contributed by atoms with van der Waals surface area (Å²) in [4.78, 5) is 0. The lowest BCUT2D eigenvalue weighted by Gasteiger charge is -2.13. The summed E-state index contributed by atoms with van der Waals surface area (Å²) in [6.45, 7) is 5.21. The number of nitriles is 1.